The van der Waals surface area contributed by atoms with Gasteiger partial charge in [-0.1, -0.05) is 34.6 Å². The van der Waals surface area contributed by atoms with E-state index in [1.165, 1.54) is 25.7 Å². The normalized spacial score (nSPS) is 27.3. The summed E-state index contributed by atoms with van der Waals surface area (Å²) in [6.45, 7) is 14.1. The molecule has 3 nitrogen and oxygen atoms in total. The Morgan fingerprint density at radius 3 is 2.24 bits per heavy atom. The summed E-state index contributed by atoms with van der Waals surface area (Å²) in [5.74, 6) is 0.826. The molecule has 1 rings (SSSR count). The Balaban J connectivity index is 2.54. The maximum absolute atomic E-state index is 6.34. The van der Waals surface area contributed by atoms with Crippen LogP contribution in [0.15, 0.2) is 0 Å². The van der Waals surface area contributed by atoms with Gasteiger partial charge in [0.15, 0.2) is 0 Å². The third-order valence-electron chi connectivity index (χ3n) is 4.86. The third kappa shape index (κ3) is 6.66. The number of rotatable bonds is 8. The zero-order valence-corrected chi connectivity index (χ0v) is 15.1. The minimum absolute atomic E-state index is 0.0414. The standard InChI is InChI=1S/C18H37NO2/c1-15(2)19-14-18(21-13-7-12-20-6)10-8-16(9-11-18)17(3,4)5/h15-16,19H,7-14H2,1-6H3. The molecule has 0 aromatic carbocycles. The topological polar surface area (TPSA) is 30.5 Å². The van der Waals surface area contributed by atoms with E-state index < -0.39 is 0 Å². The van der Waals surface area contributed by atoms with E-state index in [9.17, 15) is 0 Å². The largest absolute Gasteiger partial charge is 0.385 e. The van der Waals surface area contributed by atoms with Crippen LogP contribution >= 0.6 is 0 Å². The lowest BCUT2D eigenvalue weighted by Gasteiger charge is -2.44. The van der Waals surface area contributed by atoms with Crippen LogP contribution in [0.4, 0.5) is 0 Å². The molecule has 1 fully saturated rings. The Hall–Kier alpha value is -0.120. The molecule has 1 saturated carbocycles. The predicted molar refractivity (Wildman–Crippen MR) is 89.7 cm³/mol. The number of nitrogens with one attached hydrogen (secondary N) is 1. The lowest BCUT2D eigenvalue weighted by molar-refractivity contribution is -0.0887. The van der Waals surface area contributed by atoms with Gasteiger partial charge in [-0.05, 0) is 43.4 Å². The second-order valence-corrected chi connectivity index (χ2v) is 8.05. The first-order valence-corrected chi connectivity index (χ1v) is 8.65. The SMILES string of the molecule is COCCCOC1(CNC(C)C)CCC(C(C)(C)C)CC1. The molecule has 1 aliphatic carbocycles. The van der Waals surface area contributed by atoms with E-state index in [0.717, 1.165) is 32.1 Å². The van der Waals surface area contributed by atoms with Crippen molar-refractivity contribution in [3.63, 3.8) is 0 Å². The first kappa shape index (κ1) is 18.9. The minimum atomic E-state index is 0.0414. The highest BCUT2D eigenvalue weighted by Gasteiger charge is 2.39. The predicted octanol–water partition coefficient (Wildman–Crippen LogP) is 4.01. The van der Waals surface area contributed by atoms with Crippen LogP contribution in [0, 0.1) is 11.3 Å². The Labute approximate surface area is 132 Å². The molecule has 126 valence electrons. The van der Waals surface area contributed by atoms with Gasteiger partial charge in [-0.25, -0.2) is 0 Å². The highest BCUT2D eigenvalue weighted by Crippen LogP contribution is 2.42. The summed E-state index contributed by atoms with van der Waals surface area (Å²) in [4.78, 5) is 0. The van der Waals surface area contributed by atoms with Crippen molar-refractivity contribution >= 4 is 0 Å². The van der Waals surface area contributed by atoms with E-state index in [4.69, 9.17) is 9.47 Å². The lowest BCUT2D eigenvalue weighted by Crippen LogP contribution is -2.48. The van der Waals surface area contributed by atoms with E-state index in [1.54, 1.807) is 7.11 Å². The number of hydrogen-bond acceptors (Lipinski definition) is 3. The molecule has 0 atom stereocenters. The molecular formula is C18H37NO2. The summed E-state index contributed by atoms with van der Waals surface area (Å²) in [5.41, 5.74) is 0.466. The van der Waals surface area contributed by atoms with Gasteiger partial charge in [0.2, 0.25) is 0 Å². The van der Waals surface area contributed by atoms with Crippen LogP contribution in [-0.4, -0.2) is 38.5 Å². The molecule has 21 heavy (non-hydrogen) atoms. The van der Waals surface area contributed by atoms with Crippen LogP contribution in [0.2, 0.25) is 0 Å². The minimum Gasteiger partial charge on any atom is -0.385 e. The molecule has 0 spiro atoms. The molecule has 1 aliphatic rings. The molecule has 0 aromatic heterocycles. The van der Waals surface area contributed by atoms with Crippen LogP contribution in [0.1, 0.15) is 66.7 Å². The highest BCUT2D eigenvalue weighted by molar-refractivity contribution is 4.92. The van der Waals surface area contributed by atoms with Gasteiger partial charge in [-0.2, -0.15) is 0 Å². The quantitative estimate of drug-likeness (QED) is 0.687. The van der Waals surface area contributed by atoms with E-state index in [1.807, 2.05) is 0 Å². The highest BCUT2D eigenvalue weighted by atomic mass is 16.5. The van der Waals surface area contributed by atoms with Crippen molar-refractivity contribution in [2.75, 3.05) is 26.9 Å². The molecule has 0 aliphatic heterocycles. The Morgan fingerprint density at radius 2 is 1.76 bits per heavy atom. The van der Waals surface area contributed by atoms with Gasteiger partial charge in [0.05, 0.1) is 5.60 Å². The van der Waals surface area contributed by atoms with Crippen LogP contribution in [-0.2, 0) is 9.47 Å². The number of hydrogen-bond donors (Lipinski definition) is 1. The molecule has 3 heteroatoms. The maximum atomic E-state index is 6.34. The van der Waals surface area contributed by atoms with E-state index in [-0.39, 0.29) is 5.60 Å². The van der Waals surface area contributed by atoms with Crippen molar-refractivity contribution in [3.8, 4) is 0 Å². The molecule has 0 heterocycles. The molecule has 0 bridgehead atoms. The molecule has 0 saturated heterocycles. The fraction of sp³-hybridized carbons (Fsp3) is 1.00. The van der Waals surface area contributed by atoms with Gasteiger partial charge in [-0.15, -0.1) is 0 Å². The van der Waals surface area contributed by atoms with Gasteiger partial charge in [0, 0.05) is 32.9 Å². The van der Waals surface area contributed by atoms with Gasteiger partial charge in [0.1, 0.15) is 0 Å². The average Bonchev–Trinajstić information content (AvgIpc) is 2.41. The van der Waals surface area contributed by atoms with Crippen molar-refractivity contribution in [2.24, 2.45) is 11.3 Å². The van der Waals surface area contributed by atoms with Crippen LogP contribution in [0.3, 0.4) is 0 Å². The van der Waals surface area contributed by atoms with Gasteiger partial charge >= 0.3 is 0 Å². The molecular weight excluding hydrogens is 262 g/mol. The van der Waals surface area contributed by atoms with Crippen LogP contribution in [0.5, 0.6) is 0 Å². The third-order valence-corrected chi connectivity index (χ3v) is 4.86. The Morgan fingerprint density at radius 1 is 1.14 bits per heavy atom. The molecule has 0 radical (unpaired) electrons. The van der Waals surface area contributed by atoms with E-state index >= 15 is 0 Å². The summed E-state index contributed by atoms with van der Waals surface area (Å²) in [7, 11) is 1.75. The number of ether oxygens (including phenoxy) is 2. The summed E-state index contributed by atoms with van der Waals surface area (Å²) in [6, 6.07) is 0.518. The monoisotopic (exact) mass is 299 g/mol. The summed E-state index contributed by atoms with van der Waals surface area (Å²) in [6.07, 6.45) is 5.92. The average molecular weight is 299 g/mol. The summed E-state index contributed by atoms with van der Waals surface area (Å²) >= 11 is 0. The molecule has 0 unspecified atom stereocenters. The van der Waals surface area contributed by atoms with E-state index in [2.05, 4.69) is 39.9 Å². The van der Waals surface area contributed by atoms with Crippen molar-refractivity contribution < 1.29 is 9.47 Å². The van der Waals surface area contributed by atoms with Crippen molar-refractivity contribution in [1.29, 1.82) is 0 Å². The summed E-state index contributed by atoms with van der Waals surface area (Å²) in [5, 5.41) is 3.59. The van der Waals surface area contributed by atoms with E-state index in [0.29, 0.717) is 11.5 Å². The van der Waals surface area contributed by atoms with Gasteiger partial charge in [-0.3, -0.25) is 0 Å². The first-order chi connectivity index (χ1) is 9.79. The van der Waals surface area contributed by atoms with Crippen LogP contribution < -0.4 is 5.32 Å². The molecule has 0 aromatic rings. The van der Waals surface area contributed by atoms with Crippen molar-refractivity contribution in [1.82, 2.24) is 5.32 Å². The molecule has 0 amide bonds. The molecule has 1 N–H and O–H groups in total. The second kappa shape index (κ2) is 8.50. The second-order valence-electron chi connectivity index (χ2n) is 8.05. The lowest BCUT2D eigenvalue weighted by atomic mass is 9.68. The Kier molecular flexibility index (Phi) is 7.66. The van der Waals surface area contributed by atoms with Gasteiger partial charge < -0.3 is 14.8 Å². The Bertz CT molecular complexity index is 275. The van der Waals surface area contributed by atoms with Gasteiger partial charge in [0.25, 0.3) is 0 Å². The van der Waals surface area contributed by atoms with Crippen LogP contribution in [0.25, 0.3) is 0 Å². The van der Waals surface area contributed by atoms with Crippen molar-refractivity contribution in [3.05, 3.63) is 0 Å². The smallest absolute Gasteiger partial charge is 0.0806 e. The first-order valence-electron chi connectivity index (χ1n) is 8.65. The fourth-order valence-corrected chi connectivity index (χ4v) is 3.26. The zero-order chi connectivity index (χ0) is 15.9. The maximum Gasteiger partial charge on any atom is 0.0806 e. The van der Waals surface area contributed by atoms with Crippen molar-refractivity contribution in [2.45, 2.75) is 78.4 Å². The summed E-state index contributed by atoms with van der Waals surface area (Å²) < 4.78 is 11.5. The zero-order valence-electron chi connectivity index (χ0n) is 15.1. The fourth-order valence-electron chi connectivity index (χ4n) is 3.26. The number of methoxy groups -OCH3 is 1.